The van der Waals surface area contributed by atoms with Crippen molar-refractivity contribution in [1.82, 2.24) is 0 Å². The highest BCUT2D eigenvalue weighted by molar-refractivity contribution is 7.12. The van der Waals surface area contributed by atoms with Crippen molar-refractivity contribution in [2.24, 2.45) is 0 Å². The predicted molar refractivity (Wildman–Crippen MR) is 94.4 cm³/mol. The third-order valence-corrected chi connectivity index (χ3v) is 5.28. The summed E-state index contributed by atoms with van der Waals surface area (Å²) in [6, 6.07) is 11.3. The third-order valence-electron chi connectivity index (χ3n) is 4.41. The Morgan fingerprint density at radius 3 is 2.39 bits per heavy atom. The molecule has 0 saturated carbocycles. The van der Waals surface area contributed by atoms with Crippen LogP contribution in [-0.2, 0) is 9.31 Å². The standard InChI is InChI=1S/C17H20BNO3S/c1-16(2)17(3,4)22-18(21-16)12-7-5-8-13(11-12)19-15(20)14-9-6-10-23-14/h5-11H,1-4H3,(H,19,20). The molecule has 120 valence electrons. The average Bonchev–Trinajstić information content (AvgIpc) is 3.06. The van der Waals surface area contributed by atoms with Crippen LogP contribution in [0.3, 0.4) is 0 Å². The molecule has 0 aliphatic carbocycles. The number of carbonyl (C=O) groups is 1. The van der Waals surface area contributed by atoms with Crippen molar-refractivity contribution >= 4 is 35.5 Å². The number of thiophene rings is 1. The van der Waals surface area contributed by atoms with Gasteiger partial charge in [-0.1, -0.05) is 18.2 Å². The number of anilines is 1. The van der Waals surface area contributed by atoms with Crippen LogP contribution in [0.1, 0.15) is 37.4 Å². The molecule has 4 nitrogen and oxygen atoms in total. The van der Waals surface area contributed by atoms with Gasteiger partial charge in [-0.2, -0.15) is 0 Å². The van der Waals surface area contributed by atoms with Crippen molar-refractivity contribution in [3.8, 4) is 0 Å². The third kappa shape index (κ3) is 3.20. The van der Waals surface area contributed by atoms with E-state index in [4.69, 9.17) is 9.31 Å². The molecular formula is C17H20BNO3S. The molecule has 0 spiro atoms. The molecule has 1 saturated heterocycles. The van der Waals surface area contributed by atoms with Crippen LogP contribution in [0.15, 0.2) is 41.8 Å². The van der Waals surface area contributed by atoms with Crippen molar-refractivity contribution in [2.75, 3.05) is 5.32 Å². The van der Waals surface area contributed by atoms with Gasteiger partial charge in [0.2, 0.25) is 0 Å². The predicted octanol–water partition coefficient (Wildman–Crippen LogP) is 3.30. The zero-order chi connectivity index (χ0) is 16.7. The Kier molecular flexibility index (Phi) is 4.08. The van der Waals surface area contributed by atoms with Crippen LogP contribution in [0.4, 0.5) is 5.69 Å². The maximum atomic E-state index is 12.2. The second kappa shape index (κ2) is 5.78. The number of carbonyl (C=O) groups excluding carboxylic acids is 1. The zero-order valence-corrected chi connectivity index (χ0v) is 14.6. The Labute approximate surface area is 141 Å². The fraction of sp³-hybridized carbons (Fsp3) is 0.353. The van der Waals surface area contributed by atoms with Crippen LogP contribution < -0.4 is 10.8 Å². The van der Waals surface area contributed by atoms with E-state index < -0.39 is 7.12 Å². The van der Waals surface area contributed by atoms with Crippen molar-refractivity contribution < 1.29 is 14.1 Å². The summed E-state index contributed by atoms with van der Waals surface area (Å²) in [5, 5.41) is 4.79. The first-order valence-electron chi connectivity index (χ1n) is 7.59. The van der Waals surface area contributed by atoms with Crippen molar-refractivity contribution in [3.05, 3.63) is 46.7 Å². The first-order chi connectivity index (χ1) is 10.8. The second-order valence-electron chi connectivity index (χ2n) is 6.65. The first kappa shape index (κ1) is 16.2. The average molecular weight is 329 g/mol. The van der Waals surface area contributed by atoms with Gasteiger partial charge in [-0.3, -0.25) is 4.79 Å². The lowest BCUT2D eigenvalue weighted by Crippen LogP contribution is -2.41. The minimum absolute atomic E-state index is 0.105. The Bertz CT molecular complexity index is 696. The lowest BCUT2D eigenvalue weighted by molar-refractivity contribution is 0.00578. The van der Waals surface area contributed by atoms with E-state index in [0.717, 1.165) is 11.2 Å². The van der Waals surface area contributed by atoms with Crippen LogP contribution >= 0.6 is 11.3 Å². The molecule has 6 heteroatoms. The molecule has 3 rings (SSSR count). The molecule has 2 aromatic rings. The molecule has 0 bridgehead atoms. The molecule has 1 aliphatic heterocycles. The number of hydrogen-bond acceptors (Lipinski definition) is 4. The molecule has 1 amide bonds. The van der Waals surface area contributed by atoms with E-state index in [1.165, 1.54) is 11.3 Å². The summed E-state index contributed by atoms with van der Waals surface area (Å²) in [7, 11) is -0.432. The van der Waals surface area contributed by atoms with Crippen LogP contribution in [0, 0.1) is 0 Å². The van der Waals surface area contributed by atoms with Gasteiger partial charge in [0.1, 0.15) is 0 Å². The molecule has 1 aromatic heterocycles. The molecule has 0 unspecified atom stereocenters. The number of hydrogen-bond donors (Lipinski definition) is 1. The fourth-order valence-electron chi connectivity index (χ4n) is 2.34. The molecule has 1 fully saturated rings. The first-order valence-corrected chi connectivity index (χ1v) is 8.47. The highest BCUT2D eigenvalue weighted by atomic mass is 32.1. The number of amides is 1. The summed E-state index contributed by atoms with van der Waals surface area (Å²) < 4.78 is 12.1. The highest BCUT2D eigenvalue weighted by Crippen LogP contribution is 2.36. The monoisotopic (exact) mass is 329 g/mol. The molecule has 1 aliphatic rings. The summed E-state index contributed by atoms with van der Waals surface area (Å²) in [5.41, 5.74) is 0.866. The molecule has 1 N–H and O–H groups in total. The molecule has 2 heterocycles. The van der Waals surface area contributed by atoms with E-state index in [-0.39, 0.29) is 17.1 Å². The SMILES string of the molecule is CC1(C)OB(c2cccc(NC(=O)c3cccs3)c2)OC1(C)C. The van der Waals surface area contributed by atoms with Crippen molar-refractivity contribution in [3.63, 3.8) is 0 Å². The molecule has 0 radical (unpaired) electrons. The van der Waals surface area contributed by atoms with Gasteiger partial charge in [-0.15, -0.1) is 11.3 Å². The normalized spacial score (nSPS) is 18.9. The highest BCUT2D eigenvalue weighted by Gasteiger charge is 2.51. The molecule has 0 atom stereocenters. The minimum atomic E-state index is -0.432. The Hall–Kier alpha value is -1.63. The van der Waals surface area contributed by atoms with Gasteiger partial charge in [-0.25, -0.2) is 0 Å². The van der Waals surface area contributed by atoms with E-state index in [0.29, 0.717) is 4.88 Å². The van der Waals surface area contributed by atoms with Crippen molar-refractivity contribution in [2.45, 2.75) is 38.9 Å². The van der Waals surface area contributed by atoms with E-state index in [1.54, 1.807) is 6.07 Å². The summed E-state index contributed by atoms with van der Waals surface area (Å²) in [6.45, 7) is 8.09. The zero-order valence-electron chi connectivity index (χ0n) is 13.8. The lowest BCUT2D eigenvalue weighted by atomic mass is 9.79. The van der Waals surface area contributed by atoms with E-state index in [2.05, 4.69) is 5.32 Å². The summed E-state index contributed by atoms with van der Waals surface area (Å²) in [5.74, 6) is -0.105. The van der Waals surface area contributed by atoms with Gasteiger partial charge in [-0.05, 0) is 56.7 Å². The van der Waals surface area contributed by atoms with Gasteiger partial charge >= 0.3 is 7.12 Å². The molecule has 1 aromatic carbocycles. The second-order valence-corrected chi connectivity index (χ2v) is 7.59. The summed E-state index contributed by atoms with van der Waals surface area (Å²) >= 11 is 1.42. The van der Waals surface area contributed by atoms with Crippen LogP contribution in [0.2, 0.25) is 0 Å². The van der Waals surface area contributed by atoms with Gasteiger partial charge in [0.25, 0.3) is 5.91 Å². The number of rotatable bonds is 3. The lowest BCUT2D eigenvalue weighted by Gasteiger charge is -2.32. The van der Waals surface area contributed by atoms with Gasteiger partial charge < -0.3 is 14.6 Å². The van der Waals surface area contributed by atoms with Crippen LogP contribution in [-0.4, -0.2) is 24.2 Å². The van der Waals surface area contributed by atoms with E-state index in [1.807, 2.05) is 63.4 Å². The molecular weight excluding hydrogens is 309 g/mol. The summed E-state index contributed by atoms with van der Waals surface area (Å²) in [6.07, 6.45) is 0. The van der Waals surface area contributed by atoms with Gasteiger partial charge in [0, 0.05) is 5.69 Å². The van der Waals surface area contributed by atoms with Crippen LogP contribution in [0.5, 0.6) is 0 Å². The Morgan fingerprint density at radius 2 is 1.78 bits per heavy atom. The largest absolute Gasteiger partial charge is 0.494 e. The maximum Gasteiger partial charge on any atom is 0.494 e. The minimum Gasteiger partial charge on any atom is -0.399 e. The maximum absolute atomic E-state index is 12.2. The topological polar surface area (TPSA) is 47.6 Å². The number of nitrogens with one attached hydrogen (secondary N) is 1. The van der Waals surface area contributed by atoms with Gasteiger partial charge in [0.05, 0.1) is 16.1 Å². The van der Waals surface area contributed by atoms with Crippen molar-refractivity contribution in [1.29, 1.82) is 0 Å². The van der Waals surface area contributed by atoms with E-state index in [9.17, 15) is 4.79 Å². The summed E-state index contributed by atoms with van der Waals surface area (Å²) in [4.78, 5) is 12.8. The quantitative estimate of drug-likeness (QED) is 0.879. The Balaban J connectivity index is 1.77. The molecule has 23 heavy (non-hydrogen) atoms. The smallest absolute Gasteiger partial charge is 0.399 e. The fourth-order valence-corrected chi connectivity index (χ4v) is 2.96. The van der Waals surface area contributed by atoms with E-state index >= 15 is 0 Å². The Morgan fingerprint density at radius 1 is 1.09 bits per heavy atom. The van der Waals surface area contributed by atoms with Gasteiger partial charge in [0.15, 0.2) is 0 Å². The number of benzene rings is 1. The van der Waals surface area contributed by atoms with Crippen LogP contribution in [0.25, 0.3) is 0 Å².